The maximum Gasteiger partial charge on any atom is 0.273 e. The van der Waals surface area contributed by atoms with Crippen LogP contribution in [-0.4, -0.2) is 34.4 Å². The Kier molecular flexibility index (Phi) is 5.60. The van der Waals surface area contributed by atoms with Crippen molar-refractivity contribution in [1.82, 2.24) is 15.1 Å². The summed E-state index contributed by atoms with van der Waals surface area (Å²) in [5, 5.41) is 7.61. The normalized spacial score (nSPS) is 15.9. The third-order valence-corrected chi connectivity index (χ3v) is 6.65. The van der Waals surface area contributed by atoms with Crippen LogP contribution in [0.3, 0.4) is 0 Å². The number of nitrogens with zero attached hydrogens (tertiary/aromatic N) is 2. The number of carbonyl (C=O) groups is 1. The number of hydrogen-bond acceptors (Lipinski definition) is 5. The number of nitrogens with one attached hydrogen (secondary N) is 1. The van der Waals surface area contributed by atoms with E-state index in [1.54, 1.807) is 0 Å². The molecular weight excluding hydrogens is 454 g/mol. The molecule has 182 valence electrons. The van der Waals surface area contributed by atoms with Crippen LogP contribution in [0, 0.1) is 6.92 Å². The second-order valence-electron chi connectivity index (χ2n) is 9.17. The highest BCUT2D eigenvalue weighted by molar-refractivity contribution is 6.00. The van der Waals surface area contributed by atoms with Crippen LogP contribution in [0.1, 0.15) is 52.1 Å². The summed E-state index contributed by atoms with van der Waals surface area (Å²) in [4.78, 5) is 15.6. The van der Waals surface area contributed by atoms with E-state index >= 15 is 0 Å². The van der Waals surface area contributed by atoms with Gasteiger partial charge in [-0.3, -0.25) is 9.89 Å². The van der Waals surface area contributed by atoms with Crippen molar-refractivity contribution < 1.29 is 19.0 Å². The maximum atomic E-state index is 13.7. The summed E-state index contributed by atoms with van der Waals surface area (Å²) in [7, 11) is 0. The van der Waals surface area contributed by atoms with E-state index in [2.05, 4.69) is 48.3 Å². The smallest absolute Gasteiger partial charge is 0.273 e. The number of ether oxygens (including phenoxy) is 3. The number of amides is 1. The van der Waals surface area contributed by atoms with Crippen molar-refractivity contribution in [3.8, 4) is 28.5 Å². The summed E-state index contributed by atoms with van der Waals surface area (Å²) in [6.45, 7) is 5.44. The van der Waals surface area contributed by atoms with E-state index < -0.39 is 0 Å². The summed E-state index contributed by atoms with van der Waals surface area (Å²) >= 11 is 0. The number of aromatic nitrogens is 2. The molecule has 7 nitrogen and oxygen atoms in total. The quantitative estimate of drug-likeness (QED) is 0.369. The molecule has 0 spiro atoms. The van der Waals surface area contributed by atoms with Gasteiger partial charge in [0.25, 0.3) is 5.91 Å². The highest BCUT2D eigenvalue weighted by Crippen LogP contribution is 2.44. The van der Waals surface area contributed by atoms with Crippen molar-refractivity contribution in [2.45, 2.75) is 32.9 Å². The Morgan fingerprint density at radius 1 is 1.03 bits per heavy atom. The second kappa shape index (κ2) is 9.07. The van der Waals surface area contributed by atoms with Crippen LogP contribution in [0.25, 0.3) is 11.3 Å². The molecule has 4 aromatic rings. The van der Waals surface area contributed by atoms with Gasteiger partial charge >= 0.3 is 0 Å². The molecule has 7 heteroatoms. The lowest BCUT2D eigenvalue weighted by Gasteiger charge is -2.27. The molecule has 1 amide bonds. The Bertz CT molecular complexity index is 1410. The third kappa shape index (κ3) is 3.86. The first kappa shape index (κ1) is 22.2. The molecule has 1 N–H and O–H groups in total. The first-order chi connectivity index (χ1) is 17.6. The zero-order chi connectivity index (χ0) is 24.6. The van der Waals surface area contributed by atoms with Crippen molar-refractivity contribution in [1.29, 1.82) is 0 Å². The number of benzene rings is 3. The summed E-state index contributed by atoms with van der Waals surface area (Å²) < 4.78 is 16.8. The summed E-state index contributed by atoms with van der Waals surface area (Å²) in [6.07, 6.45) is 0.945. The standard InChI is InChI=1S/C29H27N3O4/c1-3-14-34-22-11-9-21(10-12-22)28-25-26(20-7-4-18(2)5-8-20)30-31-27(25)29(33)32(28)16-19-6-13-23-24(15-19)36-17-35-23/h4-13,15,28H,3,14,16-17H2,1-2H3,(H,30,31). The molecule has 0 aliphatic carbocycles. The molecular formula is C29H27N3O4. The minimum Gasteiger partial charge on any atom is -0.494 e. The molecule has 2 aliphatic rings. The number of carbonyl (C=O) groups excluding carboxylic acids is 1. The van der Waals surface area contributed by atoms with E-state index in [0.29, 0.717) is 24.6 Å². The van der Waals surface area contributed by atoms with E-state index in [0.717, 1.165) is 45.9 Å². The molecule has 0 fully saturated rings. The van der Waals surface area contributed by atoms with Gasteiger partial charge in [-0.15, -0.1) is 0 Å². The van der Waals surface area contributed by atoms with Crippen molar-refractivity contribution in [2.24, 2.45) is 0 Å². The zero-order valence-corrected chi connectivity index (χ0v) is 20.3. The minimum atomic E-state index is -0.298. The van der Waals surface area contributed by atoms with Crippen molar-refractivity contribution in [3.63, 3.8) is 0 Å². The van der Waals surface area contributed by atoms with E-state index in [1.165, 1.54) is 5.56 Å². The molecule has 0 saturated heterocycles. The molecule has 1 unspecified atom stereocenters. The van der Waals surface area contributed by atoms with E-state index in [1.807, 2.05) is 47.4 Å². The fraction of sp³-hybridized carbons (Fsp3) is 0.241. The Hall–Kier alpha value is -4.26. The summed E-state index contributed by atoms with van der Waals surface area (Å²) in [5.74, 6) is 2.17. The van der Waals surface area contributed by atoms with Gasteiger partial charge < -0.3 is 19.1 Å². The van der Waals surface area contributed by atoms with Gasteiger partial charge in [0.05, 0.1) is 18.3 Å². The molecule has 3 heterocycles. The molecule has 6 rings (SSSR count). The van der Waals surface area contributed by atoms with E-state index in [4.69, 9.17) is 14.2 Å². The van der Waals surface area contributed by atoms with E-state index in [9.17, 15) is 4.79 Å². The van der Waals surface area contributed by atoms with Crippen LogP contribution in [0.15, 0.2) is 66.7 Å². The van der Waals surface area contributed by atoms with E-state index in [-0.39, 0.29) is 18.7 Å². The monoisotopic (exact) mass is 481 g/mol. The summed E-state index contributed by atoms with van der Waals surface area (Å²) in [6, 6.07) is 21.8. The van der Waals surface area contributed by atoms with Crippen LogP contribution in [-0.2, 0) is 6.54 Å². The lowest BCUT2D eigenvalue weighted by atomic mass is 9.95. The third-order valence-electron chi connectivity index (χ3n) is 6.65. The number of aryl methyl sites for hydroxylation is 1. The Morgan fingerprint density at radius 3 is 2.58 bits per heavy atom. The fourth-order valence-corrected chi connectivity index (χ4v) is 4.84. The van der Waals surface area contributed by atoms with Crippen molar-refractivity contribution in [2.75, 3.05) is 13.4 Å². The molecule has 1 aromatic heterocycles. The van der Waals surface area contributed by atoms with Gasteiger partial charge in [0.15, 0.2) is 11.5 Å². The van der Waals surface area contributed by atoms with Gasteiger partial charge in [0.2, 0.25) is 6.79 Å². The molecule has 2 aliphatic heterocycles. The number of fused-ring (bicyclic) bond motifs is 2. The fourth-order valence-electron chi connectivity index (χ4n) is 4.84. The van der Waals surface area contributed by atoms with Gasteiger partial charge in [0, 0.05) is 17.7 Å². The first-order valence-electron chi connectivity index (χ1n) is 12.2. The Morgan fingerprint density at radius 2 is 1.81 bits per heavy atom. The first-order valence-corrected chi connectivity index (χ1v) is 12.2. The van der Waals surface area contributed by atoms with Crippen LogP contribution in [0.4, 0.5) is 0 Å². The van der Waals surface area contributed by atoms with Crippen molar-refractivity contribution in [3.05, 3.63) is 94.7 Å². The summed E-state index contributed by atoms with van der Waals surface area (Å²) in [5.41, 5.74) is 6.34. The largest absolute Gasteiger partial charge is 0.494 e. The second-order valence-corrected chi connectivity index (χ2v) is 9.17. The van der Waals surface area contributed by atoms with Gasteiger partial charge in [-0.2, -0.15) is 5.10 Å². The molecule has 0 radical (unpaired) electrons. The van der Waals surface area contributed by atoms with Gasteiger partial charge in [-0.25, -0.2) is 0 Å². The van der Waals surface area contributed by atoms with Crippen LogP contribution < -0.4 is 14.2 Å². The van der Waals surface area contributed by atoms with Crippen LogP contribution in [0.2, 0.25) is 0 Å². The van der Waals surface area contributed by atoms with Crippen LogP contribution >= 0.6 is 0 Å². The topological polar surface area (TPSA) is 76.7 Å². The van der Waals surface area contributed by atoms with Crippen LogP contribution in [0.5, 0.6) is 17.2 Å². The number of rotatable bonds is 7. The van der Waals surface area contributed by atoms with Gasteiger partial charge in [-0.05, 0) is 48.7 Å². The average Bonchev–Trinajstić information content (AvgIpc) is 3.60. The average molecular weight is 482 g/mol. The molecule has 1 atom stereocenters. The lowest BCUT2D eigenvalue weighted by molar-refractivity contribution is 0.0730. The number of hydrogen-bond donors (Lipinski definition) is 1. The lowest BCUT2D eigenvalue weighted by Crippen LogP contribution is -2.29. The Labute approximate surface area is 209 Å². The molecule has 0 bridgehead atoms. The Balaban J connectivity index is 1.41. The van der Waals surface area contributed by atoms with Crippen molar-refractivity contribution >= 4 is 5.91 Å². The van der Waals surface area contributed by atoms with Gasteiger partial charge in [0.1, 0.15) is 11.4 Å². The SMILES string of the molecule is CCCOc1ccc(C2c3c(-c4ccc(C)cc4)n[nH]c3C(=O)N2Cc2ccc3c(c2)OCO3)cc1. The molecule has 36 heavy (non-hydrogen) atoms. The highest BCUT2D eigenvalue weighted by Gasteiger charge is 2.42. The maximum absolute atomic E-state index is 13.7. The van der Waals surface area contributed by atoms with Gasteiger partial charge in [-0.1, -0.05) is 55.0 Å². The zero-order valence-electron chi connectivity index (χ0n) is 20.3. The number of aromatic amines is 1. The molecule has 0 saturated carbocycles. The minimum absolute atomic E-state index is 0.0789. The predicted molar refractivity (Wildman–Crippen MR) is 135 cm³/mol. The number of H-pyrrole nitrogens is 1. The molecule has 3 aromatic carbocycles. The highest BCUT2D eigenvalue weighted by atomic mass is 16.7. The predicted octanol–water partition coefficient (Wildman–Crippen LogP) is 5.65.